The fraction of sp³-hybridized carbons (Fsp3) is 0.280. The van der Waals surface area contributed by atoms with Gasteiger partial charge in [0.2, 0.25) is 5.78 Å². The molecule has 3 aromatic rings. The first-order valence-corrected chi connectivity index (χ1v) is 10.9. The molecule has 7 nitrogen and oxygen atoms in total. The summed E-state index contributed by atoms with van der Waals surface area (Å²) in [5, 5.41) is 12.0. The number of ketones is 1. The highest BCUT2D eigenvalue weighted by atomic mass is 35.5. The third kappa shape index (κ3) is 4.34. The van der Waals surface area contributed by atoms with Crippen molar-refractivity contribution >= 4 is 34.3 Å². The Kier molecular flexibility index (Phi) is 6.44. The number of rotatable bonds is 8. The summed E-state index contributed by atoms with van der Waals surface area (Å²) in [5.74, 6) is -1.16. The van der Waals surface area contributed by atoms with E-state index in [1.165, 1.54) is 12.0 Å². The van der Waals surface area contributed by atoms with Gasteiger partial charge in [-0.2, -0.15) is 0 Å². The Morgan fingerprint density at radius 2 is 1.94 bits per heavy atom. The molecule has 1 atom stereocenters. The van der Waals surface area contributed by atoms with Gasteiger partial charge in [0.05, 0.1) is 18.7 Å². The van der Waals surface area contributed by atoms with Crippen molar-refractivity contribution in [2.75, 3.05) is 34.3 Å². The van der Waals surface area contributed by atoms with Crippen LogP contribution in [-0.4, -0.2) is 60.9 Å². The van der Waals surface area contributed by atoms with E-state index in [9.17, 15) is 14.7 Å². The van der Waals surface area contributed by atoms with Gasteiger partial charge < -0.3 is 24.1 Å². The van der Waals surface area contributed by atoms with E-state index in [4.69, 9.17) is 20.8 Å². The fourth-order valence-corrected chi connectivity index (χ4v) is 4.23. The van der Waals surface area contributed by atoms with Gasteiger partial charge in [-0.25, -0.2) is 0 Å². The first-order chi connectivity index (χ1) is 15.8. The van der Waals surface area contributed by atoms with Crippen molar-refractivity contribution in [2.45, 2.75) is 12.5 Å². The van der Waals surface area contributed by atoms with Crippen LogP contribution in [0.15, 0.2) is 64.3 Å². The van der Waals surface area contributed by atoms with Crippen molar-refractivity contribution in [1.82, 2.24) is 9.80 Å². The molecule has 4 rings (SSSR count). The smallest absolute Gasteiger partial charge is 0.290 e. The number of Topliss-reactive ketones (excluding diaryl/α,β-unsaturated/α-hetero) is 1. The van der Waals surface area contributed by atoms with Crippen LogP contribution in [0.3, 0.4) is 0 Å². The van der Waals surface area contributed by atoms with Crippen LogP contribution in [0.25, 0.3) is 11.0 Å². The molecule has 0 radical (unpaired) electrons. The van der Waals surface area contributed by atoms with Gasteiger partial charge in [0.15, 0.2) is 22.9 Å². The summed E-state index contributed by atoms with van der Waals surface area (Å²) in [5.41, 5.74) is 1.10. The molecule has 0 bridgehead atoms. The van der Waals surface area contributed by atoms with Crippen LogP contribution in [-0.2, 0) is 4.79 Å². The van der Waals surface area contributed by atoms with Crippen molar-refractivity contribution < 1.29 is 23.8 Å². The molecule has 172 valence electrons. The SMILES string of the molecule is COc1cccc2cc(C(=O)C3=C(O)C(=O)N(CCCN(C)C)[C@H]3c3ccc(Cl)cc3)oc12. The molecular formula is C25H25ClN2O5. The fourth-order valence-electron chi connectivity index (χ4n) is 4.11. The average Bonchev–Trinajstić information content (AvgIpc) is 3.34. The van der Waals surface area contributed by atoms with E-state index in [1.807, 2.05) is 19.0 Å². The van der Waals surface area contributed by atoms with Gasteiger partial charge in [-0.05, 0) is 56.9 Å². The van der Waals surface area contributed by atoms with E-state index in [2.05, 4.69) is 0 Å². The highest BCUT2D eigenvalue weighted by Crippen LogP contribution is 2.40. The number of fused-ring (bicyclic) bond motifs is 1. The van der Waals surface area contributed by atoms with Crippen LogP contribution in [0.1, 0.15) is 28.6 Å². The number of carbonyl (C=O) groups is 2. The minimum Gasteiger partial charge on any atom is -0.503 e. The van der Waals surface area contributed by atoms with Gasteiger partial charge in [-0.3, -0.25) is 9.59 Å². The molecule has 0 saturated carbocycles. The minimum absolute atomic E-state index is 0.00908. The summed E-state index contributed by atoms with van der Waals surface area (Å²) in [6, 6.07) is 13.1. The third-order valence-electron chi connectivity index (χ3n) is 5.69. The number of benzene rings is 2. The molecule has 2 heterocycles. The molecule has 0 unspecified atom stereocenters. The number of aliphatic hydroxyl groups is 1. The van der Waals surface area contributed by atoms with Crippen molar-refractivity contribution in [3.8, 4) is 5.75 Å². The molecule has 0 spiro atoms. The Labute approximate surface area is 196 Å². The number of halogens is 1. The molecule has 0 aliphatic carbocycles. The summed E-state index contributed by atoms with van der Waals surface area (Å²) < 4.78 is 11.1. The molecule has 1 aromatic heterocycles. The topological polar surface area (TPSA) is 83.2 Å². The van der Waals surface area contributed by atoms with Crippen LogP contribution in [0.2, 0.25) is 5.02 Å². The van der Waals surface area contributed by atoms with E-state index in [0.29, 0.717) is 40.3 Å². The summed E-state index contributed by atoms with van der Waals surface area (Å²) in [7, 11) is 5.41. The van der Waals surface area contributed by atoms with Crippen LogP contribution in [0.4, 0.5) is 0 Å². The summed E-state index contributed by atoms with van der Waals surface area (Å²) in [6.45, 7) is 1.13. The van der Waals surface area contributed by atoms with E-state index in [-0.39, 0.29) is 11.3 Å². The van der Waals surface area contributed by atoms with Gasteiger partial charge in [-0.1, -0.05) is 35.9 Å². The number of amides is 1. The standard InChI is InChI=1S/C25H25ClN2O5/c1-27(2)12-5-13-28-21(15-8-10-17(26)11-9-15)20(23(30)25(28)31)22(29)19-14-16-6-4-7-18(32-3)24(16)33-19/h4,6-11,14,21,30H,5,12-13H2,1-3H3/t21-/m0/s1. The van der Waals surface area contributed by atoms with E-state index in [1.54, 1.807) is 48.5 Å². The number of methoxy groups -OCH3 is 1. The second kappa shape index (κ2) is 9.29. The first-order valence-electron chi connectivity index (χ1n) is 10.6. The van der Waals surface area contributed by atoms with Crippen molar-refractivity contribution in [3.05, 3.63) is 76.2 Å². The predicted molar refractivity (Wildman–Crippen MR) is 126 cm³/mol. The van der Waals surface area contributed by atoms with Gasteiger partial charge in [0.1, 0.15) is 0 Å². The summed E-state index contributed by atoms with van der Waals surface area (Å²) in [4.78, 5) is 30.2. The molecule has 0 fully saturated rings. The van der Waals surface area contributed by atoms with Gasteiger partial charge in [-0.15, -0.1) is 0 Å². The maximum absolute atomic E-state index is 13.6. The lowest BCUT2D eigenvalue weighted by molar-refractivity contribution is -0.129. The van der Waals surface area contributed by atoms with Crippen molar-refractivity contribution in [2.24, 2.45) is 0 Å². The lowest BCUT2D eigenvalue weighted by Crippen LogP contribution is -2.33. The number of carbonyl (C=O) groups excluding carboxylic acids is 2. The van der Waals surface area contributed by atoms with E-state index >= 15 is 0 Å². The Balaban J connectivity index is 1.76. The number of para-hydroxylation sites is 1. The predicted octanol–water partition coefficient (Wildman–Crippen LogP) is 4.62. The zero-order valence-corrected chi connectivity index (χ0v) is 19.4. The van der Waals surface area contributed by atoms with Gasteiger partial charge in [0.25, 0.3) is 5.91 Å². The number of hydrogen-bond donors (Lipinski definition) is 1. The molecule has 1 N–H and O–H groups in total. The number of hydrogen-bond acceptors (Lipinski definition) is 6. The Hall–Kier alpha value is -3.29. The molecular weight excluding hydrogens is 444 g/mol. The molecule has 2 aromatic carbocycles. The zero-order chi connectivity index (χ0) is 23.7. The van der Waals surface area contributed by atoms with Crippen LogP contribution in [0, 0.1) is 0 Å². The highest BCUT2D eigenvalue weighted by Gasteiger charge is 2.44. The maximum atomic E-state index is 13.6. The quantitative estimate of drug-likeness (QED) is 0.485. The second-order valence-electron chi connectivity index (χ2n) is 8.19. The molecule has 1 aliphatic heterocycles. The van der Waals surface area contributed by atoms with Gasteiger partial charge in [0, 0.05) is 17.0 Å². The van der Waals surface area contributed by atoms with E-state index < -0.39 is 23.5 Å². The number of aliphatic hydroxyl groups excluding tert-OH is 1. The lowest BCUT2D eigenvalue weighted by atomic mass is 9.95. The van der Waals surface area contributed by atoms with Crippen LogP contribution >= 0.6 is 11.6 Å². The lowest BCUT2D eigenvalue weighted by Gasteiger charge is -2.27. The minimum atomic E-state index is -0.750. The van der Waals surface area contributed by atoms with Crippen molar-refractivity contribution in [3.63, 3.8) is 0 Å². The zero-order valence-electron chi connectivity index (χ0n) is 18.7. The summed E-state index contributed by atoms with van der Waals surface area (Å²) >= 11 is 6.06. The third-order valence-corrected chi connectivity index (χ3v) is 5.94. The second-order valence-corrected chi connectivity index (χ2v) is 8.63. The van der Waals surface area contributed by atoms with Crippen molar-refractivity contribution in [1.29, 1.82) is 0 Å². The summed E-state index contributed by atoms with van der Waals surface area (Å²) in [6.07, 6.45) is 0.680. The van der Waals surface area contributed by atoms with E-state index in [0.717, 1.165) is 6.54 Å². The molecule has 0 saturated heterocycles. The number of ether oxygens (including phenoxy) is 1. The Morgan fingerprint density at radius 1 is 1.21 bits per heavy atom. The Morgan fingerprint density at radius 3 is 2.61 bits per heavy atom. The largest absolute Gasteiger partial charge is 0.503 e. The molecule has 33 heavy (non-hydrogen) atoms. The molecule has 8 heteroatoms. The average molecular weight is 469 g/mol. The van der Waals surface area contributed by atoms with Crippen LogP contribution in [0.5, 0.6) is 5.75 Å². The van der Waals surface area contributed by atoms with Crippen LogP contribution < -0.4 is 4.74 Å². The monoisotopic (exact) mass is 468 g/mol. The Bertz CT molecular complexity index is 1230. The molecule has 1 aliphatic rings. The number of nitrogens with zero attached hydrogens (tertiary/aromatic N) is 2. The van der Waals surface area contributed by atoms with Gasteiger partial charge >= 0.3 is 0 Å². The normalized spacial score (nSPS) is 16.3. The maximum Gasteiger partial charge on any atom is 0.290 e. The first kappa shape index (κ1) is 22.9. The molecule has 1 amide bonds. The highest BCUT2D eigenvalue weighted by molar-refractivity contribution is 6.30. The number of furan rings is 1.